The summed E-state index contributed by atoms with van der Waals surface area (Å²) in [5, 5.41) is 0. The highest BCUT2D eigenvalue weighted by Gasteiger charge is 1.91. The minimum absolute atomic E-state index is 0.270. The molecule has 0 saturated carbocycles. The first-order valence-electron chi connectivity index (χ1n) is 3.37. The number of nitrogens with two attached hydrogens (primary N) is 1. The molecule has 0 heterocycles. The predicted octanol–water partition coefficient (Wildman–Crippen LogP) is 2.52. The Morgan fingerprint density at radius 2 is 2.00 bits per heavy atom. The number of benzene rings is 1. The van der Waals surface area contributed by atoms with E-state index in [0.29, 0.717) is 5.84 Å². The van der Waals surface area contributed by atoms with Gasteiger partial charge in [-0.1, -0.05) is 0 Å². The molecule has 0 bridgehead atoms. The van der Waals surface area contributed by atoms with Crippen LogP contribution in [-0.4, -0.2) is 11.7 Å². The topological polar surface area (TPSA) is 38.4 Å². The van der Waals surface area contributed by atoms with Crippen LogP contribution in [0.4, 0.5) is 5.69 Å². The maximum Gasteiger partial charge on any atom is 0.115 e. The Labute approximate surface area is 90.0 Å². The van der Waals surface area contributed by atoms with Crippen molar-refractivity contribution in [1.29, 1.82) is 0 Å². The Balaban J connectivity index is 2.84. The Kier molecular flexibility index (Phi) is 3.81. The van der Waals surface area contributed by atoms with Crippen molar-refractivity contribution in [2.45, 2.75) is 0 Å². The average molecular weight is 295 g/mol. The summed E-state index contributed by atoms with van der Waals surface area (Å²) in [4.78, 5) is 4.08. The lowest BCUT2D eigenvalue weighted by molar-refractivity contribution is 1.44. The minimum Gasteiger partial charge on any atom is -0.386 e. The average Bonchev–Trinajstić information content (AvgIpc) is 2.09. The van der Waals surface area contributed by atoms with Gasteiger partial charge in [-0.25, -0.2) is 4.99 Å². The largest absolute Gasteiger partial charge is 0.386 e. The van der Waals surface area contributed by atoms with Crippen LogP contribution < -0.4 is 5.73 Å². The maximum absolute atomic E-state index is 5.48. The highest BCUT2D eigenvalue weighted by Crippen LogP contribution is 2.13. The summed E-state index contributed by atoms with van der Waals surface area (Å²) >= 11 is 7.71. The van der Waals surface area contributed by atoms with Crippen molar-refractivity contribution in [2.24, 2.45) is 10.7 Å². The Hall–Kier alpha value is -0.290. The SMILES string of the molecule is NC(CCl)=Nc1ccc(I)cc1. The molecule has 12 heavy (non-hydrogen) atoms. The second-order valence-electron chi connectivity index (χ2n) is 2.21. The lowest BCUT2D eigenvalue weighted by atomic mass is 10.3. The molecule has 4 heteroatoms. The van der Waals surface area contributed by atoms with Crippen molar-refractivity contribution in [2.75, 3.05) is 5.88 Å². The highest BCUT2D eigenvalue weighted by atomic mass is 127. The van der Waals surface area contributed by atoms with Crippen LogP contribution >= 0.6 is 34.2 Å². The molecular formula is C8H8ClIN2. The fourth-order valence-electron chi connectivity index (χ4n) is 0.711. The van der Waals surface area contributed by atoms with Gasteiger partial charge in [0.1, 0.15) is 5.84 Å². The van der Waals surface area contributed by atoms with Crippen LogP contribution in [0.25, 0.3) is 0 Å². The number of halogens is 2. The second-order valence-corrected chi connectivity index (χ2v) is 3.73. The quantitative estimate of drug-likeness (QED) is 0.387. The zero-order chi connectivity index (χ0) is 8.97. The van der Waals surface area contributed by atoms with E-state index in [-0.39, 0.29) is 5.88 Å². The molecule has 0 fully saturated rings. The number of aliphatic imine (C=N–C) groups is 1. The molecule has 0 spiro atoms. The van der Waals surface area contributed by atoms with Gasteiger partial charge in [0.2, 0.25) is 0 Å². The van der Waals surface area contributed by atoms with Gasteiger partial charge in [-0.05, 0) is 46.9 Å². The predicted molar refractivity (Wildman–Crippen MR) is 61.2 cm³/mol. The summed E-state index contributed by atoms with van der Waals surface area (Å²) in [6.45, 7) is 0. The standard InChI is InChI=1S/C8H8ClIN2/c9-5-8(11)12-7-3-1-6(10)2-4-7/h1-4H,5H2,(H2,11,12). The molecule has 64 valence electrons. The second kappa shape index (κ2) is 4.67. The normalized spacial score (nSPS) is 11.7. The van der Waals surface area contributed by atoms with Gasteiger partial charge in [-0.3, -0.25) is 0 Å². The molecule has 1 rings (SSSR count). The molecule has 2 nitrogen and oxygen atoms in total. The highest BCUT2D eigenvalue weighted by molar-refractivity contribution is 14.1. The molecule has 0 radical (unpaired) electrons. The van der Waals surface area contributed by atoms with Crippen molar-refractivity contribution in [3.63, 3.8) is 0 Å². The number of nitrogens with zero attached hydrogens (tertiary/aromatic N) is 1. The lowest BCUT2D eigenvalue weighted by Crippen LogP contribution is -2.12. The minimum atomic E-state index is 0.270. The fraction of sp³-hybridized carbons (Fsp3) is 0.125. The molecule has 1 aromatic rings. The summed E-state index contributed by atoms with van der Waals surface area (Å²) in [7, 11) is 0. The van der Waals surface area contributed by atoms with Crippen LogP contribution in [-0.2, 0) is 0 Å². The van der Waals surface area contributed by atoms with E-state index >= 15 is 0 Å². The number of amidine groups is 1. The zero-order valence-corrected chi connectivity index (χ0v) is 9.21. The van der Waals surface area contributed by atoms with Crippen LogP contribution in [0.15, 0.2) is 29.3 Å². The fourth-order valence-corrected chi connectivity index (χ4v) is 1.13. The van der Waals surface area contributed by atoms with E-state index < -0.39 is 0 Å². The van der Waals surface area contributed by atoms with Gasteiger partial charge in [-0.2, -0.15) is 0 Å². The molecule has 0 amide bonds. The summed E-state index contributed by atoms with van der Waals surface area (Å²) in [6, 6.07) is 7.75. The molecule has 0 saturated heterocycles. The van der Waals surface area contributed by atoms with Crippen LogP contribution in [0.1, 0.15) is 0 Å². The van der Waals surface area contributed by atoms with E-state index in [2.05, 4.69) is 27.6 Å². The van der Waals surface area contributed by atoms with Crippen LogP contribution in [0.3, 0.4) is 0 Å². The number of rotatable bonds is 2. The Morgan fingerprint density at radius 1 is 1.42 bits per heavy atom. The summed E-state index contributed by atoms with van der Waals surface area (Å²) in [5.41, 5.74) is 6.30. The van der Waals surface area contributed by atoms with E-state index in [0.717, 1.165) is 5.69 Å². The van der Waals surface area contributed by atoms with Gasteiger partial charge < -0.3 is 5.73 Å². The summed E-state index contributed by atoms with van der Waals surface area (Å²) in [6.07, 6.45) is 0. The van der Waals surface area contributed by atoms with E-state index in [4.69, 9.17) is 17.3 Å². The van der Waals surface area contributed by atoms with Crippen LogP contribution in [0.5, 0.6) is 0 Å². The molecule has 1 aromatic carbocycles. The summed E-state index contributed by atoms with van der Waals surface area (Å²) < 4.78 is 1.18. The third-order valence-electron chi connectivity index (χ3n) is 1.24. The lowest BCUT2D eigenvalue weighted by Gasteiger charge is -1.95. The smallest absolute Gasteiger partial charge is 0.115 e. The molecule has 0 atom stereocenters. The van der Waals surface area contributed by atoms with Gasteiger partial charge in [-0.15, -0.1) is 11.6 Å². The Bertz CT molecular complexity index is 282. The first kappa shape index (κ1) is 9.80. The maximum atomic E-state index is 5.48. The van der Waals surface area contributed by atoms with Crippen LogP contribution in [0.2, 0.25) is 0 Å². The molecule has 0 aliphatic rings. The van der Waals surface area contributed by atoms with E-state index in [1.54, 1.807) is 0 Å². The molecule has 0 unspecified atom stereocenters. The molecule has 0 aliphatic carbocycles. The van der Waals surface area contributed by atoms with Crippen molar-refractivity contribution in [3.8, 4) is 0 Å². The first-order valence-corrected chi connectivity index (χ1v) is 4.98. The Morgan fingerprint density at radius 3 is 2.50 bits per heavy atom. The molecule has 0 aromatic heterocycles. The van der Waals surface area contributed by atoms with Crippen molar-refractivity contribution < 1.29 is 0 Å². The van der Waals surface area contributed by atoms with E-state index in [1.807, 2.05) is 24.3 Å². The number of hydrogen-bond donors (Lipinski definition) is 1. The van der Waals surface area contributed by atoms with E-state index in [9.17, 15) is 0 Å². The number of alkyl halides is 1. The monoisotopic (exact) mass is 294 g/mol. The zero-order valence-electron chi connectivity index (χ0n) is 6.30. The third kappa shape index (κ3) is 2.98. The van der Waals surface area contributed by atoms with Gasteiger partial charge in [0, 0.05) is 3.57 Å². The van der Waals surface area contributed by atoms with Gasteiger partial charge >= 0.3 is 0 Å². The molecule has 2 N–H and O–H groups in total. The van der Waals surface area contributed by atoms with E-state index in [1.165, 1.54) is 3.57 Å². The molecular weight excluding hydrogens is 286 g/mol. The third-order valence-corrected chi connectivity index (χ3v) is 2.23. The summed E-state index contributed by atoms with van der Waals surface area (Å²) in [5.74, 6) is 0.712. The molecule has 0 aliphatic heterocycles. The van der Waals surface area contributed by atoms with Crippen molar-refractivity contribution >= 4 is 45.7 Å². The van der Waals surface area contributed by atoms with Gasteiger partial charge in [0.05, 0.1) is 11.6 Å². The van der Waals surface area contributed by atoms with Gasteiger partial charge in [0.25, 0.3) is 0 Å². The number of hydrogen-bond acceptors (Lipinski definition) is 1. The van der Waals surface area contributed by atoms with Crippen LogP contribution in [0, 0.1) is 3.57 Å². The van der Waals surface area contributed by atoms with Crippen molar-refractivity contribution in [3.05, 3.63) is 27.8 Å². The van der Waals surface area contributed by atoms with Crippen molar-refractivity contribution in [1.82, 2.24) is 0 Å². The van der Waals surface area contributed by atoms with Gasteiger partial charge in [0.15, 0.2) is 0 Å². The first-order chi connectivity index (χ1) is 5.72.